The second kappa shape index (κ2) is 5.20. The second-order valence-electron chi connectivity index (χ2n) is 3.81. The Hall–Kier alpha value is 0.230. The van der Waals surface area contributed by atoms with Crippen LogP contribution in [0.4, 0.5) is 0 Å². The van der Waals surface area contributed by atoms with E-state index in [4.69, 9.17) is 15.9 Å². The monoisotopic (exact) mass is 205 g/mol. The van der Waals surface area contributed by atoms with Gasteiger partial charge in [0.25, 0.3) is 0 Å². The maximum atomic E-state index is 9.17. The van der Waals surface area contributed by atoms with Gasteiger partial charge in [0.05, 0.1) is 12.7 Å². The Morgan fingerprint density at radius 2 is 2.23 bits per heavy atom. The first-order valence-electron chi connectivity index (χ1n) is 4.81. The molecular formula is C9H19NO2S. The zero-order valence-corrected chi connectivity index (χ0v) is 8.83. The predicted molar refractivity (Wildman–Crippen MR) is 55.7 cm³/mol. The SMILES string of the molecule is CC1C(N)CCC1SCC(O)CO. The summed E-state index contributed by atoms with van der Waals surface area (Å²) in [5.74, 6) is 1.16. The summed E-state index contributed by atoms with van der Waals surface area (Å²) in [6.45, 7) is 2.03. The molecule has 0 bridgehead atoms. The number of aliphatic hydroxyl groups is 2. The van der Waals surface area contributed by atoms with Gasteiger partial charge in [0.2, 0.25) is 0 Å². The summed E-state index contributed by atoms with van der Waals surface area (Å²) in [5, 5.41) is 18.4. The lowest BCUT2D eigenvalue weighted by molar-refractivity contribution is 0.113. The summed E-state index contributed by atoms with van der Waals surface area (Å²) < 4.78 is 0. The number of nitrogens with two attached hydrogens (primary N) is 1. The molecule has 0 radical (unpaired) electrons. The number of aliphatic hydroxyl groups excluding tert-OH is 2. The minimum atomic E-state index is -0.575. The lowest BCUT2D eigenvalue weighted by atomic mass is 10.1. The molecule has 0 heterocycles. The highest BCUT2D eigenvalue weighted by Crippen LogP contribution is 2.34. The summed E-state index contributed by atoms with van der Waals surface area (Å²) in [6.07, 6.45) is 1.66. The molecule has 0 spiro atoms. The average molecular weight is 205 g/mol. The standard InChI is InChI=1S/C9H19NO2S/c1-6-8(10)2-3-9(6)13-5-7(12)4-11/h6-9,11-12H,2-5,10H2,1H3. The van der Waals surface area contributed by atoms with Crippen molar-refractivity contribution >= 4 is 11.8 Å². The van der Waals surface area contributed by atoms with Crippen LogP contribution in [-0.4, -0.2) is 40.0 Å². The maximum absolute atomic E-state index is 9.17. The number of hydrogen-bond donors (Lipinski definition) is 3. The topological polar surface area (TPSA) is 66.5 Å². The first kappa shape index (κ1) is 11.3. The van der Waals surface area contributed by atoms with Crippen LogP contribution in [-0.2, 0) is 0 Å². The van der Waals surface area contributed by atoms with Crippen LogP contribution in [0, 0.1) is 5.92 Å². The van der Waals surface area contributed by atoms with Gasteiger partial charge < -0.3 is 15.9 Å². The fraction of sp³-hybridized carbons (Fsp3) is 1.00. The summed E-state index contributed by atoms with van der Waals surface area (Å²) in [5.41, 5.74) is 5.88. The van der Waals surface area contributed by atoms with Gasteiger partial charge in [-0.15, -0.1) is 0 Å². The molecule has 1 saturated carbocycles. The Kier molecular flexibility index (Phi) is 4.52. The Balaban J connectivity index is 2.22. The van der Waals surface area contributed by atoms with Crippen LogP contribution < -0.4 is 5.73 Å². The highest BCUT2D eigenvalue weighted by molar-refractivity contribution is 7.99. The van der Waals surface area contributed by atoms with Crippen molar-refractivity contribution in [2.24, 2.45) is 11.7 Å². The van der Waals surface area contributed by atoms with Crippen molar-refractivity contribution in [2.75, 3.05) is 12.4 Å². The minimum Gasteiger partial charge on any atom is -0.394 e. The number of hydrogen-bond acceptors (Lipinski definition) is 4. The van der Waals surface area contributed by atoms with E-state index in [9.17, 15) is 0 Å². The third kappa shape index (κ3) is 3.13. The predicted octanol–water partition coefficient (Wildman–Crippen LogP) is 0.199. The van der Waals surface area contributed by atoms with Gasteiger partial charge in [-0.1, -0.05) is 6.92 Å². The van der Waals surface area contributed by atoms with Crippen molar-refractivity contribution in [3.8, 4) is 0 Å². The van der Waals surface area contributed by atoms with Crippen LogP contribution >= 0.6 is 11.8 Å². The Labute approximate surface area is 83.7 Å². The van der Waals surface area contributed by atoms with Crippen molar-refractivity contribution in [3.05, 3.63) is 0 Å². The van der Waals surface area contributed by atoms with Crippen molar-refractivity contribution in [1.29, 1.82) is 0 Å². The van der Waals surface area contributed by atoms with Gasteiger partial charge >= 0.3 is 0 Å². The summed E-state index contributed by atoms with van der Waals surface area (Å²) >= 11 is 1.74. The molecule has 0 aromatic heterocycles. The van der Waals surface area contributed by atoms with E-state index >= 15 is 0 Å². The van der Waals surface area contributed by atoms with Crippen LogP contribution in [0.15, 0.2) is 0 Å². The van der Waals surface area contributed by atoms with E-state index in [0.29, 0.717) is 23.0 Å². The summed E-state index contributed by atoms with van der Waals surface area (Å²) in [4.78, 5) is 0. The average Bonchev–Trinajstić information content (AvgIpc) is 2.44. The molecule has 0 aromatic rings. The van der Waals surface area contributed by atoms with E-state index in [-0.39, 0.29) is 6.61 Å². The third-order valence-corrected chi connectivity index (χ3v) is 4.43. The lowest BCUT2D eigenvalue weighted by Gasteiger charge is -2.18. The van der Waals surface area contributed by atoms with Gasteiger partial charge in [-0.25, -0.2) is 0 Å². The van der Waals surface area contributed by atoms with Crippen molar-refractivity contribution in [3.63, 3.8) is 0 Å². The van der Waals surface area contributed by atoms with Gasteiger partial charge in [-0.05, 0) is 18.8 Å². The Morgan fingerprint density at radius 1 is 1.54 bits per heavy atom. The van der Waals surface area contributed by atoms with Crippen LogP contribution in [0.5, 0.6) is 0 Å². The molecule has 4 unspecified atom stereocenters. The van der Waals surface area contributed by atoms with Crippen LogP contribution in [0.25, 0.3) is 0 Å². The van der Waals surface area contributed by atoms with Crippen LogP contribution in [0.1, 0.15) is 19.8 Å². The van der Waals surface area contributed by atoms with E-state index in [2.05, 4.69) is 6.92 Å². The molecule has 78 valence electrons. The molecule has 3 nitrogen and oxygen atoms in total. The van der Waals surface area contributed by atoms with E-state index in [0.717, 1.165) is 12.8 Å². The fourth-order valence-electron chi connectivity index (χ4n) is 1.68. The van der Waals surface area contributed by atoms with Gasteiger partial charge in [-0.3, -0.25) is 0 Å². The quantitative estimate of drug-likeness (QED) is 0.613. The molecule has 0 amide bonds. The summed E-state index contributed by atoms with van der Waals surface area (Å²) in [7, 11) is 0. The molecular weight excluding hydrogens is 186 g/mol. The van der Waals surface area contributed by atoms with Gasteiger partial charge in [0, 0.05) is 17.0 Å². The largest absolute Gasteiger partial charge is 0.394 e. The van der Waals surface area contributed by atoms with E-state index in [1.54, 1.807) is 11.8 Å². The third-order valence-electron chi connectivity index (χ3n) is 2.76. The van der Waals surface area contributed by atoms with E-state index in [1.165, 1.54) is 0 Å². The zero-order valence-electron chi connectivity index (χ0n) is 8.02. The second-order valence-corrected chi connectivity index (χ2v) is 5.08. The molecule has 1 aliphatic rings. The molecule has 13 heavy (non-hydrogen) atoms. The fourth-order valence-corrected chi connectivity index (χ4v) is 3.06. The number of thioether (sulfide) groups is 1. The Bertz CT molecular complexity index is 157. The van der Waals surface area contributed by atoms with Crippen molar-refractivity contribution in [1.82, 2.24) is 0 Å². The molecule has 0 aliphatic heterocycles. The van der Waals surface area contributed by atoms with Crippen molar-refractivity contribution < 1.29 is 10.2 Å². The Morgan fingerprint density at radius 3 is 2.69 bits per heavy atom. The van der Waals surface area contributed by atoms with E-state index in [1.807, 2.05) is 0 Å². The minimum absolute atomic E-state index is 0.139. The van der Waals surface area contributed by atoms with Crippen LogP contribution in [0.2, 0.25) is 0 Å². The normalized spacial score (nSPS) is 36.5. The van der Waals surface area contributed by atoms with Gasteiger partial charge in [0.15, 0.2) is 0 Å². The maximum Gasteiger partial charge on any atom is 0.0861 e. The van der Waals surface area contributed by atoms with E-state index < -0.39 is 6.10 Å². The highest BCUT2D eigenvalue weighted by Gasteiger charge is 2.30. The number of rotatable bonds is 4. The van der Waals surface area contributed by atoms with Gasteiger partial charge in [0.1, 0.15) is 0 Å². The summed E-state index contributed by atoms with van der Waals surface area (Å²) in [6, 6.07) is 0.323. The lowest BCUT2D eigenvalue weighted by Crippen LogP contribution is -2.27. The molecule has 4 N–H and O–H groups in total. The molecule has 0 saturated heterocycles. The zero-order chi connectivity index (χ0) is 9.84. The van der Waals surface area contributed by atoms with Crippen LogP contribution in [0.3, 0.4) is 0 Å². The molecule has 1 rings (SSSR count). The first-order chi connectivity index (χ1) is 6.15. The molecule has 4 atom stereocenters. The molecule has 1 fully saturated rings. The van der Waals surface area contributed by atoms with Crippen molar-refractivity contribution in [2.45, 2.75) is 37.2 Å². The molecule has 4 heteroatoms. The smallest absolute Gasteiger partial charge is 0.0861 e. The molecule has 0 aromatic carbocycles. The first-order valence-corrected chi connectivity index (χ1v) is 5.86. The molecule has 1 aliphatic carbocycles. The van der Waals surface area contributed by atoms with Gasteiger partial charge in [-0.2, -0.15) is 11.8 Å². The highest BCUT2D eigenvalue weighted by atomic mass is 32.2.